The molecule has 10 aromatic carbocycles. The van der Waals surface area contributed by atoms with E-state index in [0.717, 1.165) is 56.9 Å². The van der Waals surface area contributed by atoms with Crippen LogP contribution in [0, 0.1) is 0 Å². The molecule has 0 aromatic heterocycles. The van der Waals surface area contributed by atoms with Crippen LogP contribution in [0.1, 0.15) is 0 Å². The monoisotopic (exact) mass is 744 g/mol. The quantitative estimate of drug-likeness (QED) is 0.146. The number of anilines is 10. The molecule has 276 valence electrons. The minimum Gasteiger partial charge on any atom is -0.354 e. The summed E-state index contributed by atoms with van der Waals surface area (Å²) in [5.74, 6) is 0. The Morgan fingerprint density at radius 1 is 0.241 bits per heavy atom. The van der Waals surface area contributed by atoms with Gasteiger partial charge in [-0.05, 0) is 129 Å². The zero-order valence-corrected chi connectivity index (χ0v) is 31.8. The summed E-state index contributed by atoms with van der Waals surface area (Å²) in [5.41, 5.74) is 10.4. The highest BCUT2D eigenvalue weighted by atomic mass is 15.2. The SMILES string of the molecule is c1ccc(N(c2ccc(N(c3ccccc3Nc3ccc4ccccc4c3)c3ccccc3Nc3ccc4ccccc4c3)cc2)c2ccc3ccccc3c2)cc1. The number of fused-ring (bicyclic) bond motifs is 3. The highest BCUT2D eigenvalue weighted by Crippen LogP contribution is 2.45. The number of para-hydroxylation sites is 5. The lowest BCUT2D eigenvalue weighted by molar-refractivity contribution is 1.26. The fraction of sp³-hybridized carbons (Fsp3) is 0. The zero-order valence-electron chi connectivity index (χ0n) is 31.8. The van der Waals surface area contributed by atoms with Crippen molar-refractivity contribution < 1.29 is 0 Å². The first-order chi connectivity index (χ1) is 28.7. The predicted octanol–water partition coefficient (Wildman–Crippen LogP) is 15.6. The van der Waals surface area contributed by atoms with E-state index in [-0.39, 0.29) is 0 Å². The second-order valence-corrected chi connectivity index (χ2v) is 14.5. The van der Waals surface area contributed by atoms with Crippen molar-refractivity contribution in [3.05, 3.63) is 231 Å². The minimum absolute atomic E-state index is 0.990. The molecule has 0 atom stereocenters. The lowest BCUT2D eigenvalue weighted by Crippen LogP contribution is -2.14. The molecule has 4 heteroatoms. The molecule has 0 aliphatic carbocycles. The first-order valence-corrected chi connectivity index (χ1v) is 19.7. The Morgan fingerprint density at radius 2 is 0.603 bits per heavy atom. The fourth-order valence-electron chi connectivity index (χ4n) is 7.89. The molecular formula is C54H40N4. The van der Waals surface area contributed by atoms with Crippen LogP contribution in [0.25, 0.3) is 32.3 Å². The number of nitrogens with one attached hydrogen (secondary N) is 2. The van der Waals surface area contributed by atoms with E-state index in [4.69, 9.17) is 0 Å². The van der Waals surface area contributed by atoms with Gasteiger partial charge in [0.05, 0.1) is 22.7 Å². The summed E-state index contributed by atoms with van der Waals surface area (Å²) < 4.78 is 0. The van der Waals surface area contributed by atoms with Crippen LogP contribution in [0.4, 0.5) is 56.9 Å². The number of nitrogens with zero attached hydrogens (tertiary/aromatic N) is 2. The van der Waals surface area contributed by atoms with Gasteiger partial charge < -0.3 is 20.4 Å². The highest BCUT2D eigenvalue weighted by Gasteiger charge is 2.21. The first-order valence-electron chi connectivity index (χ1n) is 19.7. The van der Waals surface area contributed by atoms with Crippen LogP contribution < -0.4 is 20.4 Å². The first kappa shape index (κ1) is 34.7. The molecule has 0 unspecified atom stereocenters. The second kappa shape index (κ2) is 15.4. The highest BCUT2D eigenvalue weighted by molar-refractivity contribution is 5.95. The van der Waals surface area contributed by atoms with Crippen LogP contribution in [-0.2, 0) is 0 Å². The molecule has 0 radical (unpaired) electrons. The van der Waals surface area contributed by atoms with Crippen LogP contribution in [0.15, 0.2) is 231 Å². The zero-order chi connectivity index (χ0) is 38.7. The third-order valence-electron chi connectivity index (χ3n) is 10.7. The average Bonchev–Trinajstić information content (AvgIpc) is 3.28. The molecule has 0 aliphatic rings. The van der Waals surface area contributed by atoms with Crippen molar-refractivity contribution in [2.75, 3.05) is 20.4 Å². The summed E-state index contributed by atoms with van der Waals surface area (Å²) in [6.07, 6.45) is 0. The molecule has 10 rings (SSSR count). The third-order valence-corrected chi connectivity index (χ3v) is 10.7. The van der Waals surface area contributed by atoms with Gasteiger partial charge in [0.15, 0.2) is 0 Å². The normalized spacial score (nSPS) is 11.1. The van der Waals surface area contributed by atoms with Gasteiger partial charge in [0, 0.05) is 34.1 Å². The van der Waals surface area contributed by atoms with Crippen molar-refractivity contribution in [1.29, 1.82) is 0 Å². The molecule has 10 aromatic rings. The minimum atomic E-state index is 0.990. The summed E-state index contributed by atoms with van der Waals surface area (Å²) in [6, 6.07) is 81.8. The van der Waals surface area contributed by atoms with Crippen LogP contribution >= 0.6 is 0 Å². The van der Waals surface area contributed by atoms with Crippen molar-refractivity contribution in [3.8, 4) is 0 Å². The standard InChI is InChI=1S/C54H40N4/c1-2-20-47(21-3-1)57(50-31-28-41-16-6-9-19-44(41)38-50)48-32-34-49(35-33-48)58(53-24-12-10-22-51(53)55-45-29-26-39-14-4-7-17-42(39)36-45)54-25-13-11-23-52(54)56-46-30-27-40-15-5-8-18-43(40)37-46/h1-38,55-56H. The predicted molar refractivity (Wildman–Crippen MR) is 248 cm³/mol. The molecule has 0 saturated carbocycles. The molecule has 0 bridgehead atoms. The molecule has 2 N–H and O–H groups in total. The molecule has 58 heavy (non-hydrogen) atoms. The lowest BCUT2D eigenvalue weighted by atomic mass is 10.1. The fourth-order valence-corrected chi connectivity index (χ4v) is 7.89. The van der Waals surface area contributed by atoms with Crippen LogP contribution in [0.3, 0.4) is 0 Å². The van der Waals surface area contributed by atoms with Gasteiger partial charge in [-0.15, -0.1) is 0 Å². The van der Waals surface area contributed by atoms with Gasteiger partial charge in [-0.1, -0.05) is 133 Å². The largest absolute Gasteiger partial charge is 0.354 e. The summed E-state index contributed by atoms with van der Waals surface area (Å²) in [5, 5.41) is 14.8. The van der Waals surface area contributed by atoms with Crippen LogP contribution in [0.5, 0.6) is 0 Å². The molecule has 0 saturated heterocycles. The molecular weight excluding hydrogens is 705 g/mol. The summed E-state index contributed by atoms with van der Waals surface area (Å²) in [6.45, 7) is 0. The summed E-state index contributed by atoms with van der Waals surface area (Å²) >= 11 is 0. The maximum absolute atomic E-state index is 3.79. The van der Waals surface area contributed by atoms with Gasteiger partial charge in [0.25, 0.3) is 0 Å². The summed E-state index contributed by atoms with van der Waals surface area (Å²) in [4.78, 5) is 4.67. The van der Waals surface area contributed by atoms with Gasteiger partial charge in [0.2, 0.25) is 0 Å². The Labute approximate surface area is 338 Å². The van der Waals surface area contributed by atoms with E-state index in [0.29, 0.717) is 0 Å². The van der Waals surface area contributed by atoms with Gasteiger partial charge in [-0.2, -0.15) is 0 Å². The lowest BCUT2D eigenvalue weighted by Gasteiger charge is -2.31. The molecule has 0 aliphatic heterocycles. The molecule has 0 fully saturated rings. The van der Waals surface area contributed by atoms with Crippen molar-refractivity contribution >= 4 is 89.2 Å². The van der Waals surface area contributed by atoms with Gasteiger partial charge in [-0.3, -0.25) is 0 Å². The van der Waals surface area contributed by atoms with E-state index in [9.17, 15) is 0 Å². The molecule has 0 spiro atoms. The Morgan fingerprint density at radius 3 is 1.12 bits per heavy atom. The molecule has 4 nitrogen and oxygen atoms in total. The van der Waals surface area contributed by atoms with Crippen LogP contribution in [-0.4, -0.2) is 0 Å². The summed E-state index contributed by atoms with van der Waals surface area (Å²) in [7, 11) is 0. The van der Waals surface area contributed by atoms with E-state index in [1.807, 2.05) is 0 Å². The van der Waals surface area contributed by atoms with E-state index >= 15 is 0 Å². The average molecular weight is 745 g/mol. The Balaban J connectivity index is 1.09. The number of rotatable bonds is 10. The molecule has 0 heterocycles. The van der Waals surface area contributed by atoms with E-state index in [1.165, 1.54) is 32.3 Å². The Hall–Kier alpha value is -7.82. The maximum Gasteiger partial charge on any atom is 0.0697 e. The van der Waals surface area contributed by atoms with Crippen molar-refractivity contribution in [3.63, 3.8) is 0 Å². The van der Waals surface area contributed by atoms with Gasteiger partial charge >= 0.3 is 0 Å². The van der Waals surface area contributed by atoms with Crippen molar-refractivity contribution in [2.24, 2.45) is 0 Å². The topological polar surface area (TPSA) is 30.5 Å². The van der Waals surface area contributed by atoms with Crippen molar-refractivity contribution in [1.82, 2.24) is 0 Å². The number of benzene rings is 10. The number of hydrogen-bond donors (Lipinski definition) is 2. The van der Waals surface area contributed by atoms with Crippen LogP contribution in [0.2, 0.25) is 0 Å². The smallest absolute Gasteiger partial charge is 0.0697 e. The molecule has 0 amide bonds. The van der Waals surface area contributed by atoms with Crippen molar-refractivity contribution in [2.45, 2.75) is 0 Å². The van der Waals surface area contributed by atoms with E-state index in [2.05, 4.69) is 251 Å². The maximum atomic E-state index is 3.79. The van der Waals surface area contributed by atoms with E-state index in [1.54, 1.807) is 0 Å². The third kappa shape index (κ3) is 6.95. The van der Waals surface area contributed by atoms with Gasteiger partial charge in [0.1, 0.15) is 0 Å². The Bertz CT molecular complexity index is 2900. The number of hydrogen-bond acceptors (Lipinski definition) is 4. The second-order valence-electron chi connectivity index (χ2n) is 14.5. The van der Waals surface area contributed by atoms with E-state index < -0.39 is 0 Å². The van der Waals surface area contributed by atoms with Gasteiger partial charge in [-0.25, -0.2) is 0 Å². The Kier molecular flexibility index (Phi) is 9.18.